The number of carboxylic acid groups (broad SMARTS) is 1. The lowest BCUT2D eigenvalue weighted by molar-refractivity contribution is -0.141. The van der Waals surface area contributed by atoms with Crippen LogP contribution in [0.5, 0.6) is 0 Å². The fourth-order valence-corrected chi connectivity index (χ4v) is 3.98. The summed E-state index contributed by atoms with van der Waals surface area (Å²) in [5.74, 6) is -0.0224. The average molecular weight is 432 g/mol. The molecule has 1 atom stereocenters. The average Bonchev–Trinajstić information content (AvgIpc) is 2.96. The van der Waals surface area contributed by atoms with Gasteiger partial charge in [-0.05, 0) is 62.8 Å². The molecule has 0 unspecified atom stereocenters. The Hall–Kier alpha value is -2.74. The first-order chi connectivity index (χ1) is 14.2. The van der Waals surface area contributed by atoms with Crippen molar-refractivity contribution < 1.29 is 23.5 Å². The van der Waals surface area contributed by atoms with Crippen molar-refractivity contribution in [3.05, 3.63) is 45.0 Å². The quantitative estimate of drug-likeness (QED) is 0.523. The minimum Gasteiger partial charge on any atom is -0.480 e. The lowest BCUT2D eigenvalue weighted by Gasteiger charge is -2.14. The summed E-state index contributed by atoms with van der Waals surface area (Å²) >= 11 is 1.52. The number of fused-ring (bicyclic) bond motifs is 2. The zero-order valence-electron chi connectivity index (χ0n) is 17.5. The van der Waals surface area contributed by atoms with Crippen molar-refractivity contribution in [3.63, 3.8) is 0 Å². The highest BCUT2D eigenvalue weighted by Gasteiger charge is 2.20. The van der Waals surface area contributed by atoms with Crippen LogP contribution in [-0.4, -0.2) is 35.0 Å². The van der Waals surface area contributed by atoms with Gasteiger partial charge in [-0.3, -0.25) is 4.79 Å². The molecule has 0 aliphatic carbocycles. The van der Waals surface area contributed by atoms with Crippen LogP contribution in [0.15, 0.2) is 25.8 Å². The maximum absolute atomic E-state index is 12.5. The Bertz CT molecular complexity index is 1180. The van der Waals surface area contributed by atoms with Gasteiger partial charge in [0.1, 0.15) is 23.0 Å². The first-order valence-electron chi connectivity index (χ1n) is 9.70. The summed E-state index contributed by atoms with van der Waals surface area (Å²) in [6.45, 7) is 5.69. The van der Waals surface area contributed by atoms with Gasteiger partial charge in [-0.1, -0.05) is 0 Å². The number of furan rings is 1. The molecule has 30 heavy (non-hydrogen) atoms. The van der Waals surface area contributed by atoms with Crippen molar-refractivity contribution in [2.45, 2.75) is 46.1 Å². The van der Waals surface area contributed by atoms with Crippen molar-refractivity contribution in [1.82, 2.24) is 5.32 Å². The van der Waals surface area contributed by atoms with Crippen LogP contribution in [-0.2, 0) is 16.0 Å². The first kappa shape index (κ1) is 22.0. The number of rotatable bonds is 8. The lowest BCUT2D eigenvalue weighted by Crippen LogP contribution is -2.41. The molecule has 0 spiro atoms. The van der Waals surface area contributed by atoms with Crippen LogP contribution < -0.4 is 10.9 Å². The molecule has 2 N–H and O–H groups in total. The van der Waals surface area contributed by atoms with Gasteiger partial charge in [-0.15, -0.1) is 0 Å². The number of hydrogen-bond acceptors (Lipinski definition) is 6. The summed E-state index contributed by atoms with van der Waals surface area (Å²) in [4.78, 5) is 36.1. The molecule has 0 saturated heterocycles. The van der Waals surface area contributed by atoms with Crippen LogP contribution >= 0.6 is 11.8 Å². The van der Waals surface area contributed by atoms with E-state index in [-0.39, 0.29) is 12.8 Å². The standard InChI is InChI=1S/C22H25NO6S/c1-11-13(3)28-18-10-19-16(9-15(11)18)12(2)14(22(27)29-19)5-6-20(24)23-17(21(25)26)7-8-30-4/h9-10,17H,5-8H2,1-4H3,(H,23,24)(H,25,26)/t17-/m1/s1. The van der Waals surface area contributed by atoms with Crippen molar-refractivity contribution in [3.8, 4) is 0 Å². The first-order valence-corrected chi connectivity index (χ1v) is 11.1. The second-order valence-electron chi connectivity index (χ2n) is 7.36. The van der Waals surface area contributed by atoms with E-state index in [2.05, 4.69) is 5.32 Å². The van der Waals surface area contributed by atoms with E-state index >= 15 is 0 Å². The minimum absolute atomic E-state index is 0.00620. The fraction of sp³-hybridized carbons (Fsp3) is 0.409. The molecule has 0 saturated carbocycles. The Labute approximate surface area is 177 Å². The Morgan fingerprint density at radius 3 is 2.43 bits per heavy atom. The third-order valence-electron chi connectivity index (χ3n) is 5.43. The molecule has 0 bridgehead atoms. The maximum Gasteiger partial charge on any atom is 0.339 e. The van der Waals surface area contributed by atoms with Gasteiger partial charge in [0.05, 0.1) is 0 Å². The number of aryl methyl sites for hydroxylation is 3. The van der Waals surface area contributed by atoms with E-state index in [1.165, 1.54) is 11.8 Å². The van der Waals surface area contributed by atoms with Crippen molar-refractivity contribution in [2.24, 2.45) is 0 Å². The van der Waals surface area contributed by atoms with E-state index in [0.29, 0.717) is 28.9 Å². The Morgan fingerprint density at radius 1 is 1.10 bits per heavy atom. The summed E-state index contributed by atoms with van der Waals surface area (Å²) in [5, 5.41) is 13.5. The summed E-state index contributed by atoms with van der Waals surface area (Å²) in [5.41, 5.74) is 2.82. The fourth-order valence-electron chi connectivity index (χ4n) is 3.51. The third-order valence-corrected chi connectivity index (χ3v) is 6.07. The van der Waals surface area contributed by atoms with Crippen molar-refractivity contribution in [1.29, 1.82) is 0 Å². The molecule has 2 heterocycles. The van der Waals surface area contributed by atoms with Crippen molar-refractivity contribution in [2.75, 3.05) is 12.0 Å². The number of benzene rings is 1. The third kappa shape index (κ3) is 4.38. The predicted octanol–water partition coefficient (Wildman–Crippen LogP) is 3.72. The number of aliphatic carboxylic acids is 1. The molecule has 3 rings (SSSR count). The van der Waals surface area contributed by atoms with Gasteiger partial charge in [-0.2, -0.15) is 11.8 Å². The molecule has 7 nitrogen and oxygen atoms in total. The molecule has 0 fully saturated rings. The molecule has 2 aromatic heterocycles. The minimum atomic E-state index is -1.06. The Kier molecular flexibility index (Phi) is 6.55. The van der Waals surface area contributed by atoms with Gasteiger partial charge in [0.2, 0.25) is 5.91 Å². The Morgan fingerprint density at radius 2 is 1.77 bits per heavy atom. The number of carbonyl (C=O) groups is 2. The summed E-state index contributed by atoms with van der Waals surface area (Å²) in [6, 6.07) is 2.74. The molecule has 0 radical (unpaired) electrons. The largest absolute Gasteiger partial charge is 0.480 e. The van der Waals surface area contributed by atoms with Gasteiger partial charge >= 0.3 is 11.6 Å². The molecule has 8 heteroatoms. The monoisotopic (exact) mass is 431 g/mol. The Balaban J connectivity index is 1.84. The van der Waals surface area contributed by atoms with E-state index in [1.807, 2.05) is 33.1 Å². The van der Waals surface area contributed by atoms with Crippen LogP contribution in [0, 0.1) is 20.8 Å². The molecule has 160 valence electrons. The smallest absolute Gasteiger partial charge is 0.339 e. The van der Waals surface area contributed by atoms with Gasteiger partial charge in [0.15, 0.2) is 0 Å². The SMILES string of the molecule is CSCC[C@@H](NC(=O)CCc1c(C)c2cc3c(C)c(C)oc3cc2oc1=O)C(=O)O. The number of thioether (sulfide) groups is 1. The van der Waals surface area contributed by atoms with Gasteiger partial charge in [-0.25, -0.2) is 9.59 Å². The topological polar surface area (TPSA) is 110 Å². The highest BCUT2D eigenvalue weighted by molar-refractivity contribution is 7.98. The van der Waals surface area contributed by atoms with Crippen LogP contribution in [0.4, 0.5) is 0 Å². The normalized spacial score (nSPS) is 12.4. The van der Waals surface area contributed by atoms with Crippen LogP contribution in [0.3, 0.4) is 0 Å². The van der Waals surface area contributed by atoms with E-state index in [9.17, 15) is 19.5 Å². The van der Waals surface area contributed by atoms with Crippen LogP contribution in [0.25, 0.3) is 21.9 Å². The number of carbonyl (C=O) groups excluding carboxylic acids is 1. The number of hydrogen-bond donors (Lipinski definition) is 2. The van der Waals surface area contributed by atoms with Gasteiger partial charge in [0.25, 0.3) is 0 Å². The number of carboxylic acids is 1. The molecule has 3 aromatic rings. The van der Waals surface area contributed by atoms with E-state index in [4.69, 9.17) is 8.83 Å². The predicted molar refractivity (Wildman–Crippen MR) is 117 cm³/mol. The summed E-state index contributed by atoms with van der Waals surface area (Å²) < 4.78 is 11.2. The summed E-state index contributed by atoms with van der Waals surface area (Å²) in [6.07, 6.45) is 2.40. The van der Waals surface area contributed by atoms with Crippen LogP contribution in [0.2, 0.25) is 0 Å². The zero-order valence-corrected chi connectivity index (χ0v) is 18.3. The van der Waals surface area contributed by atoms with Gasteiger partial charge in [0, 0.05) is 28.8 Å². The lowest BCUT2D eigenvalue weighted by atomic mass is 10.00. The molecular weight excluding hydrogens is 406 g/mol. The number of nitrogens with one attached hydrogen (secondary N) is 1. The zero-order chi connectivity index (χ0) is 22.0. The second-order valence-corrected chi connectivity index (χ2v) is 8.35. The van der Waals surface area contributed by atoms with E-state index in [0.717, 1.165) is 27.7 Å². The summed E-state index contributed by atoms with van der Waals surface area (Å²) in [7, 11) is 0. The molecule has 0 aliphatic rings. The van der Waals surface area contributed by atoms with E-state index < -0.39 is 23.5 Å². The second kappa shape index (κ2) is 8.95. The number of amides is 1. The molecular formula is C22H25NO6S. The van der Waals surface area contributed by atoms with E-state index in [1.54, 1.807) is 6.07 Å². The highest BCUT2D eigenvalue weighted by atomic mass is 32.2. The van der Waals surface area contributed by atoms with Crippen molar-refractivity contribution >= 4 is 45.6 Å². The molecule has 1 aromatic carbocycles. The molecule has 1 amide bonds. The van der Waals surface area contributed by atoms with Gasteiger partial charge < -0.3 is 19.3 Å². The maximum atomic E-state index is 12.5. The highest BCUT2D eigenvalue weighted by Crippen LogP contribution is 2.31. The van der Waals surface area contributed by atoms with Crippen LogP contribution in [0.1, 0.15) is 35.3 Å². The molecule has 0 aliphatic heterocycles.